The minimum atomic E-state index is -0.139. The van der Waals surface area contributed by atoms with Crippen molar-refractivity contribution in [2.24, 2.45) is 0 Å². The molecule has 1 rings (SSSR count). The van der Waals surface area contributed by atoms with E-state index in [1.807, 2.05) is 25.1 Å². The van der Waals surface area contributed by atoms with E-state index in [2.05, 4.69) is 13.8 Å². The zero-order valence-electron chi connectivity index (χ0n) is 9.67. The van der Waals surface area contributed by atoms with Gasteiger partial charge in [0.2, 0.25) is 0 Å². The van der Waals surface area contributed by atoms with Gasteiger partial charge in [0.25, 0.3) is 0 Å². The first-order valence-electron chi connectivity index (χ1n) is 5.35. The molecule has 0 fully saturated rings. The maximum Gasteiger partial charge on any atom is 0.310 e. The fourth-order valence-electron chi connectivity index (χ4n) is 1.35. The maximum atomic E-state index is 11.3. The van der Waals surface area contributed by atoms with Crippen molar-refractivity contribution in [3.05, 3.63) is 34.9 Å². The van der Waals surface area contributed by atoms with E-state index in [9.17, 15) is 4.79 Å². The van der Waals surface area contributed by atoms with Crippen LogP contribution in [-0.4, -0.2) is 12.6 Å². The Morgan fingerprint density at radius 3 is 2.60 bits per heavy atom. The summed E-state index contributed by atoms with van der Waals surface area (Å²) < 4.78 is 5.03. The van der Waals surface area contributed by atoms with Crippen LogP contribution in [0.15, 0.2) is 18.2 Å². The highest BCUT2D eigenvalue weighted by atomic mass is 16.5. The van der Waals surface area contributed by atoms with E-state index in [1.165, 1.54) is 11.1 Å². The zero-order chi connectivity index (χ0) is 11.3. The highest BCUT2D eigenvalue weighted by Crippen LogP contribution is 2.10. The van der Waals surface area contributed by atoms with Crippen molar-refractivity contribution >= 4 is 5.97 Å². The Kier molecular flexibility index (Phi) is 4.35. The van der Waals surface area contributed by atoms with E-state index in [4.69, 9.17) is 4.74 Å². The lowest BCUT2D eigenvalue weighted by Crippen LogP contribution is -2.08. The fraction of sp³-hybridized carbons (Fsp3) is 0.462. The quantitative estimate of drug-likeness (QED) is 0.708. The molecule has 0 amide bonds. The van der Waals surface area contributed by atoms with E-state index < -0.39 is 0 Å². The molecule has 15 heavy (non-hydrogen) atoms. The van der Waals surface area contributed by atoms with Gasteiger partial charge in [-0.1, -0.05) is 25.1 Å². The van der Waals surface area contributed by atoms with Crippen LogP contribution in [-0.2, 0) is 16.0 Å². The number of benzene rings is 1. The number of esters is 1. The SMILES string of the molecule is CCCOC(=O)Cc1ccc(C)c(C)c1. The molecule has 0 N–H and O–H groups in total. The lowest BCUT2D eigenvalue weighted by Gasteiger charge is -2.05. The molecule has 1 aromatic rings. The molecule has 0 radical (unpaired) electrons. The van der Waals surface area contributed by atoms with Crippen molar-refractivity contribution in [3.63, 3.8) is 0 Å². The monoisotopic (exact) mass is 206 g/mol. The van der Waals surface area contributed by atoms with Gasteiger partial charge in [-0.15, -0.1) is 0 Å². The van der Waals surface area contributed by atoms with Gasteiger partial charge in [0, 0.05) is 0 Å². The van der Waals surface area contributed by atoms with Crippen molar-refractivity contribution in [1.82, 2.24) is 0 Å². The van der Waals surface area contributed by atoms with Crippen molar-refractivity contribution in [3.8, 4) is 0 Å². The van der Waals surface area contributed by atoms with Gasteiger partial charge in [0.05, 0.1) is 13.0 Å². The first-order chi connectivity index (χ1) is 7.13. The lowest BCUT2D eigenvalue weighted by atomic mass is 10.0. The van der Waals surface area contributed by atoms with Gasteiger partial charge in [-0.3, -0.25) is 4.79 Å². The van der Waals surface area contributed by atoms with Crippen LogP contribution in [0.1, 0.15) is 30.0 Å². The third kappa shape index (κ3) is 3.74. The summed E-state index contributed by atoms with van der Waals surface area (Å²) in [5.74, 6) is -0.139. The molecule has 0 spiro atoms. The summed E-state index contributed by atoms with van der Waals surface area (Å²) in [6.45, 7) is 6.62. The molecule has 0 aliphatic rings. The standard InChI is InChI=1S/C13H18O2/c1-4-7-15-13(14)9-12-6-5-10(2)11(3)8-12/h5-6,8H,4,7,9H2,1-3H3. The predicted octanol–water partition coefficient (Wildman–Crippen LogP) is 2.80. The van der Waals surface area contributed by atoms with Crippen molar-refractivity contribution in [2.75, 3.05) is 6.61 Å². The summed E-state index contributed by atoms with van der Waals surface area (Å²) in [7, 11) is 0. The van der Waals surface area contributed by atoms with Crippen molar-refractivity contribution in [2.45, 2.75) is 33.6 Å². The second-order valence-electron chi connectivity index (χ2n) is 3.82. The Morgan fingerprint density at radius 2 is 2.00 bits per heavy atom. The van der Waals surface area contributed by atoms with Gasteiger partial charge < -0.3 is 4.74 Å². The Balaban J connectivity index is 2.57. The van der Waals surface area contributed by atoms with Crippen molar-refractivity contribution < 1.29 is 9.53 Å². The molecule has 0 saturated heterocycles. The van der Waals surface area contributed by atoms with Crippen molar-refractivity contribution in [1.29, 1.82) is 0 Å². The van der Waals surface area contributed by atoms with Gasteiger partial charge in [-0.2, -0.15) is 0 Å². The Hall–Kier alpha value is -1.31. The van der Waals surface area contributed by atoms with E-state index in [-0.39, 0.29) is 5.97 Å². The molecule has 0 aromatic heterocycles. The summed E-state index contributed by atoms with van der Waals surface area (Å²) >= 11 is 0. The van der Waals surface area contributed by atoms with Gasteiger partial charge >= 0.3 is 5.97 Å². The van der Waals surface area contributed by atoms with Crippen LogP contribution in [0.5, 0.6) is 0 Å². The Morgan fingerprint density at radius 1 is 1.27 bits per heavy atom. The van der Waals surface area contributed by atoms with E-state index in [1.54, 1.807) is 0 Å². The number of carbonyl (C=O) groups is 1. The minimum absolute atomic E-state index is 0.139. The molecular weight excluding hydrogens is 188 g/mol. The number of aryl methyl sites for hydroxylation is 2. The molecule has 2 heteroatoms. The largest absolute Gasteiger partial charge is 0.465 e. The molecule has 0 atom stereocenters. The summed E-state index contributed by atoms with van der Waals surface area (Å²) in [6, 6.07) is 6.07. The highest BCUT2D eigenvalue weighted by molar-refractivity contribution is 5.72. The van der Waals surface area contributed by atoms with Gasteiger partial charge in [-0.05, 0) is 37.0 Å². The molecule has 0 aliphatic carbocycles. The topological polar surface area (TPSA) is 26.3 Å². The van der Waals surface area contributed by atoms with Crippen LogP contribution < -0.4 is 0 Å². The summed E-state index contributed by atoms with van der Waals surface area (Å²) in [4.78, 5) is 11.3. The third-order valence-electron chi connectivity index (χ3n) is 2.39. The van der Waals surface area contributed by atoms with Gasteiger partial charge in [-0.25, -0.2) is 0 Å². The number of carbonyl (C=O) groups excluding carboxylic acids is 1. The smallest absolute Gasteiger partial charge is 0.310 e. The summed E-state index contributed by atoms with van der Waals surface area (Å²) in [5.41, 5.74) is 3.50. The van der Waals surface area contributed by atoms with Crippen LogP contribution in [0, 0.1) is 13.8 Å². The second kappa shape index (κ2) is 5.54. The third-order valence-corrected chi connectivity index (χ3v) is 2.39. The average Bonchev–Trinajstić information content (AvgIpc) is 2.20. The average molecular weight is 206 g/mol. The summed E-state index contributed by atoms with van der Waals surface area (Å²) in [5, 5.41) is 0. The molecule has 0 bridgehead atoms. The van der Waals surface area contributed by atoms with E-state index >= 15 is 0 Å². The number of ether oxygens (including phenoxy) is 1. The number of rotatable bonds is 4. The van der Waals surface area contributed by atoms with Gasteiger partial charge in [0.15, 0.2) is 0 Å². The van der Waals surface area contributed by atoms with E-state index in [0.29, 0.717) is 13.0 Å². The Bertz CT molecular complexity index is 342. The molecule has 0 heterocycles. The molecule has 0 unspecified atom stereocenters. The summed E-state index contributed by atoms with van der Waals surface area (Å²) in [6.07, 6.45) is 1.25. The van der Waals surface area contributed by atoms with Crippen LogP contribution in [0.2, 0.25) is 0 Å². The molecule has 2 nitrogen and oxygen atoms in total. The minimum Gasteiger partial charge on any atom is -0.465 e. The van der Waals surface area contributed by atoms with E-state index in [0.717, 1.165) is 12.0 Å². The second-order valence-corrected chi connectivity index (χ2v) is 3.82. The van der Waals surface area contributed by atoms with Crippen LogP contribution in [0.3, 0.4) is 0 Å². The first-order valence-corrected chi connectivity index (χ1v) is 5.35. The molecular formula is C13H18O2. The highest BCUT2D eigenvalue weighted by Gasteiger charge is 2.04. The number of hydrogen-bond donors (Lipinski definition) is 0. The maximum absolute atomic E-state index is 11.3. The molecule has 1 aromatic carbocycles. The normalized spacial score (nSPS) is 10.1. The number of hydrogen-bond acceptors (Lipinski definition) is 2. The van der Waals surface area contributed by atoms with Crippen LogP contribution in [0.4, 0.5) is 0 Å². The van der Waals surface area contributed by atoms with Crippen LogP contribution >= 0.6 is 0 Å². The first kappa shape index (κ1) is 11.8. The predicted molar refractivity (Wildman–Crippen MR) is 60.9 cm³/mol. The van der Waals surface area contributed by atoms with Crippen LogP contribution in [0.25, 0.3) is 0 Å². The van der Waals surface area contributed by atoms with Gasteiger partial charge in [0.1, 0.15) is 0 Å². The molecule has 0 saturated carbocycles. The fourth-order valence-corrected chi connectivity index (χ4v) is 1.35. The zero-order valence-corrected chi connectivity index (χ0v) is 9.67. The molecule has 0 aliphatic heterocycles. The molecule has 82 valence electrons. The Labute approximate surface area is 91.3 Å². The lowest BCUT2D eigenvalue weighted by molar-refractivity contribution is -0.142.